The van der Waals surface area contributed by atoms with Crippen molar-refractivity contribution in [2.24, 2.45) is 0 Å². The fraction of sp³-hybridized carbons (Fsp3) is 0.120. The van der Waals surface area contributed by atoms with Crippen LogP contribution < -0.4 is 19.6 Å². The van der Waals surface area contributed by atoms with Gasteiger partial charge in [-0.3, -0.25) is 9.59 Å². The van der Waals surface area contributed by atoms with E-state index in [4.69, 9.17) is 30.2 Å². The first-order valence-corrected chi connectivity index (χ1v) is 10.5. The Bertz CT molecular complexity index is 1440. The Morgan fingerprint density at radius 1 is 0.971 bits per heavy atom. The van der Waals surface area contributed by atoms with Crippen LogP contribution in [0.3, 0.4) is 0 Å². The molecule has 1 heterocycles. The second kappa shape index (κ2) is 9.71. The number of fused-ring (bicyclic) bond motifs is 1. The van der Waals surface area contributed by atoms with Gasteiger partial charge in [-0.15, -0.1) is 0 Å². The maximum absolute atomic E-state index is 13.8. The van der Waals surface area contributed by atoms with Crippen molar-refractivity contribution in [3.63, 3.8) is 0 Å². The first-order chi connectivity index (χ1) is 16.6. The van der Waals surface area contributed by atoms with Crippen molar-refractivity contribution in [2.45, 2.75) is 12.6 Å². The number of rotatable bonds is 6. The molecule has 1 aromatic heterocycles. The van der Waals surface area contributed by atoms with Crippen molar-refractivity contribution >= 4 is 28.5 Å². The molecule has 0 atom stereocenters. The Labute approximate surface area is 201 Å². The quantitative estimate of drug-likeness (QED) is 0.223. The van der Waals surface area contributed by atoms with Gasteiger partial charge in [-0.25, -0.2) is 0 Å². The van der Waals surface area contributed by atoms with Gasteiger partial charge in [-0.2, -0.15) is 13.2 Å². The summed E-state index contributed by atoms with van der Waals surface area (Å²) >= 11 is 5.81. The molecular weight excluding hydrogens is 489 g/mol. The van der Waals surface area contributed by atoms with Crippen molar-refractivity contribution < 1.29 is 36.6 Å². The number of methoxy groups -OCH3 is 1. The highest BCUT2D eigenvalue weighted by molar-refractivity contribution is 6.30. The lowest BCUT2D eigenvalue weighted by Gasteiger charge is -2.14. The average molecular weight is 505 g/mol. The normalized spacial score (nSPS) is 11.3. The summed E-state index contributed by atoms with van der Waals surface area (Å²) in [4.78, 5) is 25.2. The third-order valence-corrected chi connectivity index (χ3v) is 5.09. The highest BCUT2D eigenvalue weighted by Gasteiger charge is 2.40. The van der Waals surface area contributed by atoms with Crippen LogP contribution in [0.15, 0.2) is 75.9 Å². The molecule has 180 valence electrons. The van der Waals surface area contributed by atoms with Crippen molar-refractivity contribution in [1.82, 2.24) is 0 Å². The summed E-state index contributed by atoms with van der Waals surface area (Å²) in [5.74, 6) is -3.12. The Hall–Kier alpha value is -3.98. The van der Waals surface area contributed by atoms with Crippen LogP contribution in [-0.2, 0) is 17.4 Å². The molecule has 0 aliphatic rings. The van der Waals surface area contributed by atoms with E-state index in [0.29, 0.717) is 16.3 Å². The van der Waals surface area contributed by atoms with Crippen molar-refractivity contribution in [1.29, 1.82) is 0 Å². The van der Waals surface area contributed by atoms with Gasteiger partial charge in [0.1, 0.15) is 22.8 Å². The van der Waals surface area contributed by atoms with E-state index >= 15 is 0 Å². The van der Waals surface area contributed by atoms with Gasteiger partial charge in [0, 0.05) is 17.2 Å². The van der Waals surface area contributed by atoms with Crippen LogP contribution in [0.5, 0.6) is 23.0 Å². The molecule has 35 heavy (non-hydrogen) atoms. The fourth-order valence-electron chi connectivity index (χ4n) is 3.22. The number of halogens is 4. The number of esters is 1. The maximum Gasteiger partial charge on any atom is 0.453 e. The van der Waals surface area contributed by atoms with E-state index in [1.165, 1.54) is 37.4 Å². The lowest BCUT2D eigenvalue weighted by Crippen LogP contribution is -2.16. The molecule has 0 radical (unpaired) electrons. The summed E-state index contributed by atoms with van der Waals surface area (Å²) in [7, 11) is 1.38. The zero-order chi connectivity index (χ0) is 25.2. The standard InChI is InChI=1S/C25H16ClF3O6/c1-32-16-3-2-4-17(12-16)34-23-22(31)19-10-9-18(13-20(19)35-24(23)25(27,28)29)33-21(30)11-14-5-7-15(26)8-6-14/h2-10,12-13H,11H2,1H3. The Morgan fingerprint density at radius 2 is 1.69 bits per heavy atom. The van der Waals surface area contributed by atoms with Crippen LogP contribution in [0, 0.1) is 0 Å². The second-order valence-electron chi connectivity index (χ2n) is 7.30. The maximum atomic E-state index is 13.8. The molecule has 0 aliphatic carbocycles. The van der Waals surface area contributed by atoms with Gasteiger partial charge in [0.2, 0.25) is 11.2 Å². The SMILES string of the molecule is COc1cccc(Oc2c(C(F)(F)F)oc3cc(OC(=O)Cc4ccc(Cl)cc4)ccc3c2=O)c1. The third kappa shape index (κ3) is 5.58. The summed E-state index contributed by atoms with van der Waals surface area (Å²) in [6.07, 6.45) is -5.14. The van der Waals surface area contributed by atoms with Gasteiger partial charge in [0.15, 0.2) is 0 Å². The molecule has 0 spiro atoms. The van der Waals surface area contributed by atoms with Gasteiger partial charge < -0.3 is 18.6 Å². The average Bonchev–Trinajstić information content (AvgIpc) is 2.81. The molecule has 0 aliphatic heterocycles. The van der Waals surface area contributed by atoms with E-state index < -0.39 is 34.7 Å². The predicted molar refractivity (Wildman–Crippen MR) is 121 cm³/mol. The van der Waals surface area contributed by atoms with Gasteiger partial charge in [0.25, 0.3) is 5.76 Å². The number of carbonyl (C=O) groups is 1. The molecule has 6 nitrogen and oxygen atoms in total. The molecule has 0 fully saturated rings. The number of alkyl halides is 3. The van der Waals surface area contributed by atoms with E-state index in [1.54, 1.807) is 30.3 Å². The highest BCUT2D eigenvalue weighted by atomic mass is 35.5. The molecular formula is C25H16ClF3O6. The fourth-order valence-corrected chi connectivity index (χ4v) is 3.34. The molecule has 4 aromatic rings. The molecule has 0 unspecified atom stereocenters. The van der Waals surface area contributed by atoms with Gasteiger partial charge in [-0.1, -0.05) is 29.8 Å². The third-order valence-electron chi connectivity index (χ3n) is 4.83. The second-order valence-corrected chi connectivity index (χ2v) is 7.74. The number of hydrogen-bond donors (Lipinski definition) is 0. The molecule has 0 saturated heterocycles. The molecule has 0 saturated carbocycles. The van der Waals surface area contributed by atoms with Gasteiger partial charge in [0.05, 0.1) is 18.9 Å². The van der Waals surface area contributed by atoms with E-state index in [-0.39, 0.29) is 23.3 Å². The van der Waals surface area contributed by atoms with Crippen LogP contribution in [0.4, 0.5) is 13.2 Å². The lowest BCUT2D eigenvalue weighted by molar-refractivity contribution is -0.154. The molecule has 0 bridgehead atoms. The zero-order valence-electron chi connectivity index (χ0n) is 18.0. The summed E-state index contributed by atoms with van der Waals surface area (Å²) in [5.41, 5.74) is -0.831. The van der Waals surface area contributed by atoms with Crippen LogP contribution >= 0.6 is 11.6 Å². The Morgan fingerprint density at radius 3 is 2.37 bits per heavy atom. The van der Waals surface area contributed by atoms with E-state index in [0.717, 1.165) is 6.07 Å². The van der Waals surface area contributed by atoms with Gasteiger partial charge in [-0.05, 0) is 42.0 Å². The lowest BCUT2D eigenvalue weighted by atomic mass is 10.1. The molecule has 10 heteroatoms. The summed E-state index contributed by atoms with van der Waals surface area (Å²) < 4.78 is 61.8. The van der Waals surface area contributed by atoms with Crippen LogP contribution in [-0.4, -0.2) is 13.1 Å². The van der Waals surface area contributed by atoms with E-state index in [2.05, 4.69) is 0 Å². The number of carbonyl (C=O) groups excluding carboxylic acids is 1. The first kappa shape index (κ1) is 24.2. The topological polar surface area (TPSA) is 75.0 Å². The molecule has 0 N–H and O–H groups in total. The molecule has 3 aromatic carbocycles. The summed E-state index contributed by atoms with van der Waals surface area (Å²) in [6, 6.07) is 15.8. The van der Waals surface area contributed by atoms with Crippen molar-refractivity contribution in [3.8, 4) is 23.0 Å². The smallest absolute Gasteiger partial charge is 0.453 e. The molecule has 0 amide bonds. The number of benzene rings is 3. The zero-order valence-corrected chi connectivity index (χ0v) is 18.8. The number of ether oxygens (including phenoxy) is 3. The summed E-state index contributed by atoms with van der Waals surface area (Å²) in [6.45, 7) is 0. The first-order valence-electron chi connectivity index (χ1n) is 10.1. The predicted octanol–water partition coefficient (Wildman–Crippen LogP) is 6.41. The minimum Gasteiger partial charge on any atom is -0.497 e. The van der Waals surface area contributed by atoms with E-state index in [9.17, 15) is 22.8 Å². The minimum atomic E-state index is -5.04. The number of hydrogen-bond acceptors (Lipinski definition) is 6. The monoisotopic (exact) mass is 504 g/mol. The summed E-state index contributed by atoms with van der Waals surface area (Å²) in [5, 5.41) is 0.315. The van der Waals surface area contributed by atoms with E-state index in [1.807, 2.05) is 0 Å². The Kier molecular flexibility index (Phi) is 6.70. The van der Waals surface area contributed by atoms with Crippen molar-refractivity contribution in [2.75, 3.05) is 7.11 Å². The minimum absolute atomic E-state index is 0.0470. The van der Waals surface area contributed by atoms with Crippen molar-refractivity contribution in [3.05, 3.63) is 93.3 Å². The highest BCUT2D eigenvalue weighted by Crippen LogP contribution is 2.39. The molecule has 4 rings (SSSR count). The van der Waals surface area contributed by atoms with Crippen LogP contribution in [0.25, 0.3) is 11.0 Å². The van der Waals surface area contributed by atoms with Crippen LogP contribution in [0.1, 0.15) is 11.3 Å². The largest absolute Gasteiger partial charge is 0.497 e. The van der Waals surface area contributed by atoms with Crippen LogP contribution in [0.2, 0.25) is 5.02 Å². The Balaban J connectivity index is 1.67. The van der Waals surface area contributed by atoms with Gasteiger partial charge >= 0.3 is 12.1 Å².